The zero-order valence-electron chi connectivity index (χ0n) is 16.9. The Morgan fingerprint density at radius 2 is 1.50 bits per heavy atom. The number of carbonyl (C=O) groups is 1. The number of anilines is 1. The molecule has 0 bridgehead atoms. The van der Waals surface area contributed by atoms with Crippen LogP contribution in [0.25, 0.3) is 0 Å². The number of nitrogens with zero attached hydrogens (tertiary/aromatic N) is 2. The van der Waals surface area contributed by atoms with Gasteiger partial charge < -0.3 is 10.2 Å². The number of benzene rings is 2. The predicted molar refractivity (Wildman–Crippen MR) is 117 cm³/mol. The highest BCUT2D eigenvalue weighted by Crippen LogP contribution is 2.15. The SMILES string of the molecule is O=C(CCCc1ccccc1)NCCCCN1CCN(c2ccccc2)CC1. The van der Waals surface area contributed by atoms with Crippen molar-refractivity contribution in [3.63, 3.8) is 0 Å². The van der Waals surface area contributed by atoms with Crippen LogP contribution in [0.5, 0.6) is 0 Å². The zero-order chi connectivity index (χ0) is 19.4. The Morgan fingerprint density at radius 1 is 0.821 bits per heavy atom. The van der Waals surface area contributed by atoms with Gasteiger partial charge in [-0.05, 0) is 49.9 Å². The van der Waals surface area contributed by atoms with Gasteiger partial charge in [-0.2, -0.15) is 0 Å². The molecule has 0 aromatic heterocycles. The summed E-state index contributed by atoms with van der Waals surface area (Å²) < 4.78 is 0. The van der Waals surface area contributed by atoms with E-state index in [2.05, 4.69) is 69.7 Å². The van der Waals surface area contributed by atoms with Crippen LogP contribution in [0.2, 0.25) is 0 Å². The van der Waals surface area contributed by atoms with Gasteiger partial charge in [-0.1, -0.05) is 48.5 Å². The average Bonchev–Trinajstić information content (AvgIpc) is 2.75. The van der Waals surface area contributed by atoms with Gasteiger partial charge in [0.05, 0.1) is 0 Å². The maximum absolute atomic E-state index is 11.9. The van der Waals surface area contributed by atoms with E-state index < -0.39 is 0 Å². The summed E-state index contributed by atoms with van der Waals surface area (Å²) in [6, 6.07) is 21.1. The van der Waals surface area contributed by atoms with Gasteiger partial charge >= 0.3 is 0 Å². The quantitative estimate of drug-likeness (QED) is 0.639. The Bertz CT molecular complexity index is 682. The summed E-state index contributed by atoms with van der Waals surface area (Å²) in [7, 11) is 0. The maximum Gasteiger partial charge on any atom is 0.220 e. The molecule has 3 rings (SSSR count). The van der Waals surface area contributed by atoms with Gasteiger partial charge in [0.1, 0.15) is 0 Å². The summed E-state index contributed by atoms with van der Waals surface area (Å²) in [6.07, 6.45) is 4.72. The smallest absolute Gasteiger partial charge is 0.220 e. The first kappa shape index (κ1) is 20.4. The zero-order valence-corrected chi connectivity index (χ0v) is 16.9. The van der Waals surface area contributed by atoms with E-state index in [9.17, 15) is 4.79 Å². The van der Waals surface area contributed by atoms with Gasteiger partial charge in [-0.15, -0.1) is 0 Å². The lowest BCUT2D eigenvalue weighted by Crippen LogP contribution is -2.46. The summed E-state index contributed by atoms with van der Waals surface area (Å²) in [5.74, 6) is 0.187. The van der Waals surface area contributed by atoms with E-state index in [1.165, 1.54) is 11.3 Å². The van der Waals surface area contributed by atoms with Crippen molar-refractivity contribution in [2.45, 2.75) is 32.1 Å². The normalized spacial score (nSPS) is 14.8. The summed E-state index contributed by atoms with van der Waals surface area (Å²) in [5.41, 5.74) is 2.64. The van der Waals surface area contributed by atoms with Crippen LogP contribution < -0.4 is 10.2 Å². The molecule has 1 aliphatic rings. The fourth-order valence-electron chi connectivity index (χ4n) is 3.74. The van der Waals surface area contributed by atoms with Crippen LogP contribution >= 0.6 is 0 Å². The van der Waals surface area contributed by atoms with Crippen LogP contribution in [0.1, 0.15) is 31.2 Å². The summed E-state index contributed by atoms with van der Waals surface area (Å²) >= 11 is 0. The molecule has 1 saturated heterocycles. The molecule has 0 atom stereocenters. The molecule has 1 heterocycles. The molecule has 4 heteroatoms. The highest BCUT2D eigenvalue weighted by atomic mass is 16.1. The van der Waals surface area contributed by atoms with Crippen molar-refractivity contribution in [2.75, 3.05) is 44.2 Å². The topological polar surface area (TPSA) is 35.6 Å². The van der Waals surface area contributed by atoms with Gasteiger partial charge in [-0.25, -0.2) is 0 Å². The number of rotatable bonds is 10. The number of piperazine rings is 1. The number of amides is 1. The van der Waals surface area contributed by atoms with Crippen molar-refractivity contribution < 1.29 is 4.79 Å². The van der Waals surface area contributed by atoms with Crippen LogP contribution in [0.15, 0.2) is 60.7 Å². The second-order valence-corrected chi connectivity index (χ2v) is 7.56. The molecule has 0 spiro atoms. The lowest BCUT2D eigenvalue weighted by molar-refractivity contribution is -0.121. The van der Waals surface area contributed by atoms with Gasteiger partial charge in [-0.3, -0.25) is 9.69 Å². The molecular weight excluding hydrogens is 346 g/mol. The Balaban J connectivity index is 1.19. The average molecular weight is 380 g/mol. The first-order valence-corrected chi connectivity index (χ1v) is 10.6. The van der Waals surface area contributed by atoms with Crippen LogP contribution in [-0.2, 0) is 11.2 Å². The number of carbonyl (C=O) groups excluding carboxylic acids is 1. The van der Waals surface area contributed by atoms with Crippen molar-refractivity contribution in [1.29, 1.82) is 0 Å². The highest BCUT2D eigenvalue weighted by molar-refractivity contribution is 5.75. The molecule has 150 valence electrons. The van der Waals surface area contributed by atoms with E-state index in [-0.39, 0.29) is 5.91 Å². The summed E-state index contributed by atoms with van der Waals surface area (Å²) in [5, 5.41) is 3.07. The summed E-state index contributed by atoms with van der Waals surface area (Å²) in [4.78, 5) is 16.9. The molecule has 1 aliphatic heterocycles. The van der Waals surface area contributed by atoms with E-state index in [1.54, 1.807) is 0 Å². The molecule has 28 heavy (non-hydrogen) atoms. The van der Waals surface area contributed by atoms with Gasteiger partial charge in [0, 0.05) is 44.8 Å². The second-order valence-electron chi connectivity index (χ2n) is 7.56. The monoisotopic (exact) mass is 379 g/mol. The molecule has 1 N–H and O–H groups in total. The second kappa shape index (κ2) is 11.5. The third-order valence-electron chi connectivity index (χ3n) is 5.43. The Labute approximate surface area is 169 Å². The molecule has 0 radical (unpaired) electrons. The number of hydrogen-bond acceptors (Lipinski definition) is 3. The third-order valence-corrected chi connectivity index (χ3v) is 5.43. The molecule has 2 aromatic carbocycles. The summed E-state index contributed by atoms with van der Waals surface area (Å²) in [6.45, 7) is 6.38. The molecule has 4 nitrogen and oxygen atoms in total. The van der Waals surface area contributed by atoms with Crippen molar-refractivity contribution in [3.05, 3.63) is 66.2 Å². The number of para-hydroxylation sites is 1. The minimum Gasteiger partial charge on any atom is -0.369 e. The van der Waals surface area contributed by atoms with Gasteiger partial charge in [0.2, 0.25) is 5.91 Å². The number of nitrogens with one attached hydrogen (secondary N) is 1. The predicted octanol–water partition coefficient (Wildman–Crippen LogP) is 3.73. The largest absolute Gasteiger partial charge is 0.369 e. The molecule has 0 saturated carbocycles. The number of unbranched alkanes of at least 4 members (excludes halogenated alkanes) is 1. The standard InChI is InChI=1S/C24H33N3O/c28-24(15-9-12-22-10-3-1-4-11-22)25-16-7-8-17-26-18-20-27(21-19-26)23-13-5-2-6-14-23/h1-6,10-11,13-14H,7-9,12,15-21H2,(H,25,28). The minimum atomic E-state index is 0.187. The highest BCUT2D eigenvalue weighted by Gasteiger charge is 2.16. The van der Waals surface area contributed by atoms with Crippen LogP contribution in [0.3, 0.4) is 0 Å². The van der Waals surface area contributed by atoms with Gasteiger partial charge in [0.25, 0.3) is 0 Å². The number of aryl methyl sites for hydroxylation is 1. The van der Waals surface area contributed by atoms with E-state index >= 15 is 0 Å². The minimum absolute atomic E-state index is 0.187. The molecule has 1 fully saturated rings. The Hall–Kier alpha value is -2.33. The van der Waals surface area contributed by atoms with Crippen molar-refractivity contribution in [2.24, 2.45) is 0 Å². The first-order valence-electron chi connectivity index (χ1n) is 10.6. The fraction of sp³-hybridized carbons (Fsp3) is 0.458. The third kappa shape index (κ3) is 7.01. The van der Waals surface area contributed by atoms with E-state index in [0.717, 1.165) is 65.0 Å². The maximum atomic E-state index is 11.9. The van der Waals surface area contributed by atoms with E-state index in [0.29, 0.717) is 6.42 Å². The van der Waals surface area contributed by atoms with Crippen molar-refractivity contribution in [1.82, 2.24) is 10.2 Å². The number of hydrogen-bond donors (Lipinski definition) is 1. The van der Waals surface area contributed by atoms with Crippen molar-refractivity contribution >= 4 is 11.6 Å². The van der Waals surface area contributed by atoms with Crippen molar-refractivity contribution in [3.8, 4) is 0 Å². The lowest BCUT2D eigenvalue weighted by atomic mass is 10.1. The van der Waals surface area contributed by atoms with E-state index in [4.69, 9.17) is 0 Å². The molecule has 0 unspecified atom stereocenters. The molecule has 1 amide bonds. The molecular formula is C24H33N3O. The molecule has 0 aliphatic carbocycles. The van der Waals surface area contributed by atoms with Crippen LogP contribution in [0.4, 0.5) is 5.69 Å². The molecule has 2 aromatic rings. The van der Waals surface area contributed by atoms with Gasteiger partial charge in [0.15, 0.2) is 0 Å². The van der Waals surface area contributed by atoms with Crippen LogP contribution in [-0.4, -0.2) is 50.1 Å². The van der Waals surface area contributed by atoms with Crippen LogP contribution in [0, 0.1) is 0 Å². The first-order chi connectivity index (χ1) is 13.8. The Morgan fingerprint density at radius 3 is 2.21 bits per heavy atom. The Kier molecular flexibility index (Phi) is 8.38. The fourth-order valence-corrected chi connectivity index (χ4v) is 3.74. The van der Waals surface area contributed by atoms with E-state index in [1.807, 2.05) is 6.07 Å². The lowest BCUT2D eigenvalue weighted by Gasteiger charge is -2.36.